The van der Waals surface area contributed by atoms with Gasteiger partial charge >= 0.3 is 0 Å². The lowest BCUT2D eigenvalue weighted by molar-refractivity contribution is 0.357. The van der Waals surface area contributed by atoms with Crippen molar-refractivity contribution in [2.45, 2.75) is 60.0 Å². The Kier molecular flexibility index (Phi) is 7.79. The van der Waals surface area contributed by atoms with Crippen molar-refractivity contribution in [1.82, 2.24) is 14.9 Å². The van der Waals surface area contributed by atoms with Gasteiger partial charge in [-0.15, -0.1) is 0 Å². The minimum Gasteiger partial charge on any atom is -0.370 e. The van der Waals surface area contributed by atoms with E-state index in [0.717, 1.165) is 35.2 Å². The number of hydrogen-bond acceptors (Lipinski definition) is 3. The molecule has 42 heavy (non-hydrogen) atoms. The summed E-state index contributed by atoms with van der Waals surface area (Å²) in [6.45, 7) is 15.5. The van der Waals surface area contributed by atoms with E-state index < -0.39 is 0 Å². The Morgan fingerprint density at radius 1 is 0.905 bits per heavy atom. The van der Waals surface area contributed by atoms with Crippen molar-refractivity contribution in [2.75, 3.05) is 22.9 Å². The standard InChI is InChI=1S/C35H40ClN5S/c1-21-16-22(2)20-39(19-21)31-14-13-27(18-29(31)36)41-34(32(38-35(41)42)30-12-7-8-15-37-30)28-17-25(5)40(26(28)6)33-23(3)10-9-11-24(33)4/h7-15,17-18,21-22,32,34H,16,19-20H2,1-6H3,(H,38,42)/t21-,22-,32+,34-/m1/s1. The van der Waals surface area contributed by atoms with Crippen molar-refractivity contribution in [2.24, 2.45) is 11.8 Å². The van der Waals surface area contributed by atoms with Crippen LogP contribution in [0.5, 0.6) is 0 Å². The molecule has 2 aliphatic rings. The highest BCUT2D eigenvalue weighted by molar-refractivity contribution is 7.80. The maximum Gasteiger partial charge on any atom is 0.174 e. The van der Waals surface area contributed by atoms with Gasteiger partial charge in [-0.3, -0.25) is 4.98 Å². The number of aryl methyl sites for hydroxylation is 3. The van der Waals surface area contributed by atoms with Crippen LogP contribution in [0.2, 0.25) is 5.02 Å². The smallest absolute Gasteiger partial charge is 0.174 e. The van der Waals surface area contributed by atoms with E-state index in [0.29, 0.717) is 16.9 Å². The Balaban J connectivity index is 1.46. The maximum atomic E-state index is 7.06. The third-order valence-corrected chi connectivity index (χ3v) is 9.59. The van der Waals surface area contributed by atoms with Crippen LogP contribution >= 0.6 is 23.8 Å². The number of para-hydroxylation sites is 1. The Bertz CT molecular complexity index is 1600. The average molecular weight is 598 g/mol. The van der Waals surface area contributed by atoms with Gasteiger partial charge < -0.3 is 19.7 Å². The molecule has 4 aromatic rings. The molecule has 4 atom stereocenters. The number of nitrogens with one attached hydrogen (secondary N) is 1. The third-order valence-electron chi connectivity index (χ3n) is 8.97. The molecule has 218 valence electrons. The predicted octanol–water partition coefficient (Wildman–Crippen LogP) is 8.42. The van der Waals surface area contributed by atoms with Gasteiger partial charge in [-0.25, -0.2) is 0 Å². The molecule has 2 saturated heterocycles. The third kappa shape index (κ3) is 5.09. The second-order valence-corrected chi connectivity index (χ2v) is 13.2. The molecule has 6 rings (SSSR count). The lowest BCUT2D eigenvalue weighted by Gasteiger charge is -2.37. The molecule has 2 aromatic heterocycles. The number of halogens is 1. The number of rotatable bonds is 5. The van der Waals surface area contributed by atoms with E-state index >= 15 is 0 Å². The summed E-state index contributed by atoms with van der Waals surface area (Å²) in [5.41, 5.74) is 10.4. The first kappa shape index (κ1) is 28.8. The fraction of sp³-hybridized carbons (Fsp3) is 0.371. The average Bonchev–Trinajstić information content (AvgIpc) is 3.43. The van der Waals surface area contributed by atoms with Crippen LogP contribution in [0.4, 0.5) is 11.4 Å². The van der Waals surface area contributed by atoms with Crippen LogP contribution in [0.3, 0.4) is 0 Å². The lowest BCUT2D eigenvalue weighted by atomic mass is 9.91. The van der Waals surface area contributed by atoms with Gasteiger partial charge in [0, 0.05) is 36.4 Å². The molecule has 0 bridgehead atoms. The van der Waals surface area contributed by atoms with Gasteiger partial charge in [0.25, 0.3) is 0 Å². The topological polar surface area (TPSA) is 36.3 Å². The fourth-order valence-electron chi connectivity index (χ4n) is 7.30. The highest BCUT2D eigenvalue weighted by atomic mass is 35.5. The number of benzene rings is 2. The van der Waals surface area contributed by atoms with Crippen molar-refractivity contribution < 1.29 is 0 Å². The van der Waals surface area contributed by atoms with Crippen LogP contribution in [0.1, 0.15) is 66.1 Å². The van der Waals surface area contributed by atoms with E-state index in [1.54, 1.807) is 0 Å². The van der Waals surface area contributed by atoms with Crippen molar-refractivity contribution in [1.29, 1.82) is 0 Å². The van der Waals surface area contributed by atoms with Crippen LogP contribution in [-0.4, -0.2) is 27.8 Å². The SMILES string of the molecule is Cc1cccc(C)c1-n1c(C)cc([C@@H]2[C@H](c3ccccn3)NC(=S)N2c2ccc(N3C[C@H](C)C[C@@H](C)C3)c(Cl)c2)c1C. The van der Waals surface area contributed by atoms with Crippen LogP contribution in [0, 0.1) is 39.5 Å². The van der Waals surface area contributed by atoms with Gasteiger partial charge in [-0.05, 0) is 111 Å². The van der Waals surface area contributed by atoms with Gasteiger partial charge in [0.1, 0.15) is 0 Å². The fourth-order valence-corrected chi connectivity index (χ4v) is 7.94. The number of anilines is 2. The summed E-state index contributed by atoms with van der Waals surface area (Å²) in [6.07, 6.45) is 3.11. The van der Waals surface area contributed by atoms with E-state index in [1.807, 2.05) is 18.3 Å². The summed E-state index contributed by atoms with van der Waals surface area (Å²) >= 11 is 13.1. The van der Waals surface area contributed by atoms with Crippen molar-refractivity contribution in [3.05, 3.63) is 106 Å². The molecular weight excluding hydrogens is 558 g/mol. The quantitative estimate of drug-likeness (QED) is 0.234. The van der Waals surface area contributed by atoms with Crippen molar-refractivity contribution >= 4 is 40.3 Å². The Morgan fingerprint density at radius 2 is 1.62 bits per heavy atom. The minimum atomic E-state index is -0.118. The molecule has 5 nitrogen and oxygen atoms in total. The lowest BCUT2D eigenvalue weighted by Crippen LogP contribution is -2.38. The Morgan fingerprint density at radius 3 is 2.26 bits per heavy atom. The van der Waals surface area contributed by atoms with Gasteiger partial charge in [-0.1, -0.05) is 49.7 Å². The van der Waals surface area contributed by atoms with Gasteiger partial charge in [0.2, 0.25) is 0 Å². The molecule has 0 unspecified atom stereocenters. The molecule has 0 aliphatic carbocycles. The van der Waals surface area contributed by atoms with E-state index in [4.69, 9.17) is 28.8 Å². The summed E-state index contributed by atoms with van der Waals surface area (Å²) in [5, 5.41) is 5.07. The molecule has 2 aromatic carbocycles. The summed E-state index contributed by atoms with van der Waals surface area (Å²) in [6, 6.07) is 21.1. The highest BCUT2D eigenvalue weighted by Crippen LogP contribution is 2.45. The molecular formula is C35H40ClN5S. The van der Waals surface area contributed by atoms with Gasteiger partial charge in [0.05, 0.1) is 34.2 Å². The van der Waals surface area contributed by atoms with Gasteiger partial charge in [0.15, 0.2) is 5.11 Å². The zero-order valence-corrected chi connectivity index (χ0v) is 26.9. The van der Waals surface area contributed by atoms with Crippen molar-refractivity contribution in [3.63, 3.8) is 0 Å². The highest BCUT2D eigenvalue weighted by Gasteiger charge is 2.42. The largest absolute Gasteiger partial charge is 0.370 e. The summed E-state index contributed by atoms with van der Waals surface area (Å²) in [4.78, 5) is 9.44. The van der Waals surface area contributed by atoms with Crippen LogP contribution in [0.15, 0.2) is 66.9 Å². The normalized spacial score (nSPS) is 22.5. The summed E-state index contributed by atoms with van der Waals surface area (Å²) in [7, 11) is 0. The van der Waals surface area contributed by atoms with Crippen LogP contribution < -0.4 is 15.1 Å². The molecule has 0 radical (unpaired) electrons. The first-order valence-electron chi connectivity index (χ1n) is 14.9. The zero-order chi connectivity index (χ0) is 29.7. The number of hydrogen-bond donors (Lipinski definition) is 1. The van der Waals surface area contributed by atoms with Gasteiger partial charge in [-0.2, -0.15) is 0 Å². The zero-order valence-electron chi connectivity index (χ0n) is 25.4. The van der Waals surface area contributed by atoms with Crippen molar-refractivity contribution in [3.8, 4) is 5.69 Å². The van der Waals surface area contributed by atoms with Crippen LogP contribution in [-0.2, 0) is 0 Å². The minimum absolute atomic E-state index is 0.103. The number of nitrogens with zero attached hydrogens (tertiary/aromatic N) is 4. The predicted molar refractivity (Wildman–Crippen MR) is 179 cm³/mol. The molecule has 0 saturated carbocycles. The second-order valence-electron chi connectivity index (χ2n) is 12.4. The molecule has 2 aliphatic heterocycles. The Hall–Kier alpha value is -3.35. The number of piperidine rings is 1. The van der Waals surface area contributed by atoms with E-state index in [2.05, 4.69) is 110 Å². The summed E-state index contributed by atoms with van der Waals surface area (Å²) in [5.74, 6) is 1.30. The number of aromatic nitrogens is 2. The Labute approximate surface area is 260 Å². The molecule has 2 fully saturated rings. The monoisotopic (exact) mass is 597 g/mol. The molecule has 7 heteroatoms. The second kappa shape index (κ2) is 11.4. The van der Waals surface area contributed by atoms with E-state index in [1.165, 1.54) is 40.2 Å². The van der Waals surface area contributed by atoms with E-state index in [-0.39, 0.29) is 12.1 Å². The first-order chi connectivity index (χ1) is 20.1. The molecule has 4 heterocycles. The molecule has 0 spiro atoms. The molecule has 1 N–H and O–H groups in total. The maximum absolute atomic E-state index is 7.06. The molecule has 0 amide bonds. The van der Waals surface area contributed by atoms with Crippen LogP contribution in [0.25, 0.3) is 5.69 Å². The van der Waals surface area contributed by atoms with E-state index in [9.17, 15) is 0 Å². The first-order valence-corrected chi connectivity index (χ1v) is 15.7. The number of pyridine rings is 1. The number of thiocarbonyl (C=S) groups is 1. The summed E-state index contributed by atoms with van der Waals surface area (Å²) < 4.78 is 2.39.